The van der Waals surface area contributed by atoms with Gasteiger partial charge in [-0.2, -0.15) is 0 Å². The van der Waals surface area contributed by atoms with E-state index >= 15 is 0 Å². The number of esters is 2. The van der Waals surface area contributed by atoms with Gasteiger partial charge in [-0.25, -0.2) is 9.18 Å². The standard InChI is InChI=1S/C22H24FNO5/c1-5-29-22(27)17-12(3)24-15-10-11(2)16(21(26)28-4)20(25)19(15)18(17)13-8-6-7-9-14(13)23/h6-9,11,16,18-19H,5,10H2,1-4H3/t11-,16+,18+,19+/m1/s1. The van der Waals surface area contributed by atoms with Gasteiger partial charge in [0.2, 0.25) is 0 Å². The molecule has 0 bridgehead atoms. The zero-order valence-electron chi connectivity index (χ0n) is 16.9. The fraction of sp³-hybridized carbons (Fsp3) is 0.455. The van der Waals surface area contributed by atoms with E-state index in [0.29, 0.717) is 17.8 Å². The minimum Gasteiger partial charge on any atom is -0.468 e. The Balaban J connectivity index is 2.20. The largest absolute Gasteiger partial charge is 0.468 e. The lowest BCUT2D eigenvalue weighted by molar-refractivity contribution is -0.152. The monoisotopic (exact) mass is 401 g/mol. The molecule has 2 aliphatic rings. The van der Waals surface area contributed by atoms with Crippen molar-refractivity contribution in [1.82, 2.24) is 0 Å². The summed E-state index contributed by atoms with van der Waals surface area (Å²) in [6, 6.07) is 6.02. The van der Waals surface area contributed by atoms with E-state index in [2.05, 4.69) is 4.99 Å². The zero-order chi connectivity index (χ0) is 21.3. The number of nitrogens with zero attached hydrogens (tertiary/aromatic N) is 1. The summed E-state index contributed by atoms with van der Waals surface area (Å²) < 4.78 is 24.8. The Morgan fingerprint density at radius 3 is 2.55 bits per heavy atom. The number of aliphatic imine (C=N–C) groups is 1. The maximum Gasteiger partial charge on any atom is 0.336 e. The molecule has 29 heavy (non-hydrogen) atoms. The summed E-state index contributed by atoms with van der Waals surface area (Å²) >= 11 is 0. The molecule has 3 rings (SSSR count). The first kappa shape index (κ1) is 20.9. The van der Waals surface area contributed by atoms with Crippen LogP contribution in [0.5, 0.6) is 0 Å². The number of rotatable bonds is 4. The molecule has 1 aromatic rings. The van der Waals surface area contributed by atoms with Crippen LogP contribution in [0.2, 0.25) is 0 Å². The number of carbonyl (C=O) groups is 3. The van der Waals surface area contributed by atoms with Crippen LogP contribution < -0.4 is 0 Å². The summed E-state index contributed by atoms with van der Waals surface area (Å²) in [6.45, 7) is 5.25. The first-order valence-electron chi connectivity index (χ1n) is 9.63. The fourth-order valence-corrected chi connectivity index (χ4v) is 4.37. The van der Waals surface area contributed by atoms with Crippen molar-refractivity contribution < 1.29 is 28.2 Å². The van der Waals surface area contributed by atoms with Gasteiger partial charge in [0.1, 0.15) is 11.7 Å². The number of fused-ring (bicyclic) bond motifs is 1. The van der Waals surface area contributed by atoms with Crippen LogP contribution in [0.15, 0.2) is 40.5 Å². The summed E-state index contributed by atoms with van der Waals surface area (Å²) in [4.78, 5) is 43.0. The van der Waals surface area contributed by atoms with E-state index < -0.39 is 41.3 Å². The number of ketones is 1. The van der Waals surface area contributed by atoms with E-state index in [1.54, 1.807) is 39.0 Å². The highest BCUT2D eigenvalue weighted by Gasteiger charge is 2.51. The Bertz CT molecular complexity index is 920. The van der Waals surface area contributed by atoms with Crippen molar-refractivity contribution in [2.45, 2.75) is 33.1 Å². The first-order chi connectivity index (χ1) is 13.8. The van der Waals surface area contributed by atoms with Gasteiger partial charge < -0.3 is 9.47 Å². The predicted molar refractivity (Wildman–Crippen MR) is 104 cm³/mol. The minimum absolute atomic E-state index is 0.136. The number of methoxy groups -OCH3 is 1. The van der Waals surface area contributed by atoms with Gasteiger partial charge in [-0.15, -0.1) is 0 Å². The average molecular weight is 401 g/mol. The Kier molecular flexibility index (Phi) is 5.96. The van der Waals surface area contributed by atoms with Gasteiger partial charge in [0.25, 0.3) is 0 Å². The molecule has 1 heterocycles. The molecule has 7 heteroatoms. The van der Waals surface area contributed by atoms with Crippen molar-refractivity contribution in [2.24, 2.45) is 22.7 Å². The number of hydrogen-bond donors (Lipinski definition) is 0. The predicted octanol–water partition coefficient (Wildman–Crippen LogP) is 3.22. The zero-order valence-corrected chi connectivity index (χ0v) is 16.9. The number of ether oxygens (including phenoxy) is 2. The highest BCUT2D eigenvalue weighted by atomic mass is 19.1. The molecule has 1 aliphatic heterocycles. The van der Waals surface area contributed by atoms with Crippen LogP contribution in [0.25, 0.3) is 0 Å². The van der Waals surface area contributed by atoms with Crippen molar-refractivity contribution in [1.29, 1.82) is 0 Å². The molecule has 1 aromatic carbocycles. The van der Waals surface area contributed by atoms with Crippen LogP contribution in [-0.4, -0.2) is 37.2 Å². The molecular weight excluding hydrogens is 377 g/mol. The molecule has 0 spiro atoms. The summed E-state index contributed by atoms with van der Waals surface area (Å²) in [5.74, 6) is -5.32. The maximum absolute atomic E-state index is 14.8. The van der Waals surface area contributed by atoms with Gasteiger partial charge in [0.05, 0.1) is 25.2 Å². The lowest BCUT2D eigenvalue weighted by Crippen LogP contribution is -2.48. The lowest BCUT2D eigenvalue weighted by atomic mass is 9.63. The van der Waals surface area contributed by atoms with Gasteiger partial charge in [-0.3, -0.25) is 14.6 Å². The van der Waals surface area contributed by atoms with E-state index in [1.807, 2.05) is 0 Å². The van der Waals surface area contributed by atoms with Crippen LogP contribution in [0.4, 0.5) is 4.39 Å². The summed E-state index contributed by atoms with van der Waals surface area (Å²) in [5, 5.41) is 0. The summed E-state index contributed by atoms with van der Waals surface area (Å²) in [5.41, 5.74) is 1.32. The van der Waals surface area contributed by atoms with Gasteiger partial charge in [0.15, 0.2) is 5.78 Å². The van der Waals surface area contributed by atoms with Crippen molar-refractivity contribution >= 4 is 23.4 Å². The van der Waals surface area contributed by atoms with E-state index in [-0.39, 0.29) is 23.7 Å². The smallest absolute Gasteiger partial charge is 0.336 e. The van der Waals surface area contributed by atoms with E-state index in [4.69, 9.17) is 9.47 Å². The van der Waals surface area contributed by atoms with Crippen molar-refractivity contribution in [3.8, 4) is 0 Å². The Labute approximate surface area is 168 Å². The third kappa shape index (κ3) is 3.61. The van der Waals surface area contributed by atoms with E-state index in [9.17, 15) is 18.8 Å². The van der Waals surface area contributed by atoms with Crippen LogP contribution in [0.1, 0.15) is 38.7 Å². The number of benzene rings is 1. The highest BCUT2D eigenvalue weighted by Crippen LogP contribution is 2.46. The third-order valence-corrected chi connectivity index (χ3v) is 5.61. The molecule has 6 nitrogen and oxygen atoms in total. The SMILES string of the molecule is CCOC(=O)C1=C(C)N=C2C[C@@H](C)[C@H](C(=O)OC)C(=O)[C@@H]2[C@H]1c1ccccc1F. The molecule has 154 valence electrons. The maximum atomic E-state index is 14.8. The second kappa shape index (κ2) is 8.27. The number of hydrogen-bond acceptors (Lipinski definition) is 6. The quantitative estimate of drug-likeness (QED) is 0.572. The average Bonchev–Trinajstić information content (AvgIpc) is 2.67. The van der Waals surface area contributed by atoms with Gasteiger partial charge >= 0.3 is 11.9 Å². The summed E-state index contributed by atoms with van der Waals surface area (Å²) in [6.07, 6.45) is 0.384. The van der Waals surface area contributed by atoms with Crippen LogP contribution in [-0.2, 0) is 23.9 Å². The highest BCUT2D eigenvalue weighted by molar-refractivity contribution is 6.17. The minimum atomic E-state index is -0.986. The van der Waals surface area contributed by atoms with E-state index in [1.165, 1.54) is 13.2 Å². The fourth-order valence-electron chi connectivity index (χ4n) is 4.37. The molecule has 0 radical (unpaired) electrons. The second-order valence-electron chi connectivity index (χ2n) is 7.38. The molecule has 0 unspecified atom stereocenters. The van der Waals surface area contributed by atoms with Crippen molar-refractivity contribution in [3.63, 3.8) is 0 Å². The molecular formula is C22H24FNO5. The molecule has 1 fully saturated rings. The first-order valence-corrected chi connectivity index (χ1v) is 9.63. The number of allylic oxidation sites excluding steroid dienone is 1. The van der Waals surface area contributed by atoms with Crippen LogP contribution in [0, 0.1) is 23.6 Å². The van der Waals surface area contributed by atoms with Crippen LogP contribution >= 0.6 is 0 Å². The number of Topliss-reactive ketones (excluding diaryl/α,β-unsaturated/α-hetero) is 1. The number of carbonyl (C=O) groups excluding carboxylic acids is 3. The number of halogens is 1. The molecule has 1 saturated carbocycles. The molecule has 0 N–H and O–H groups in total. The Hall–Kier alpha value is -2.83. The second-order valence-corrected chi connectivity index (χ2v) is 7.38. The van der Waals surface area contributed by atoms with Crippen LogP contribution in [0.3, 0.4) is 0 Å². The molecule has 0 aromatic heterocycles. The topological polar surface area (TPSA) is 82.0 Å². The van der Waals surface area contributed by atoms with Gasteiger partial charge in [0, 0.05) is 17.3 Å². The molecule has 4 atom stereocenters. The lowest BCUT2D eigenvalue weighted by Gasteiger charge is -2.40. The third-order valence-electron chi connectivity index (χ3n) is 5.61. The Morgan fingerprint density at radius 1 is 1.24 bits per heavy atom. The Morgan fingerprint density at radius 2 is 1.93 bits per heavy atom. The van der Waals surface area contributed by atoms with Crippen molar-refractivity contribution in [3.05, 3.63) is 46.9 Å². The normalized spacial score (nSPS) is 26.5. The van der Waals surface area contributed by atoms with Crippen molar-refractivity contribution in [2.75, 3.05) is 13.7 Å². The van der Waals surface area contributed by atoms with Gasteiger partial charge in [-0.1, -0.05) is 25.1 Å². The molecule has 0 amide bonds. The summed E-state index contributed by atoms with van der Waals surface area (Å²) in [7, 11) is 1.23. The van der Waals surface area contributed by atoms with E-state index in [0.717, 1.165) is 0 Å². The molecule has 1 aliphatic carbocycles. The van der Waals surface area contributed by atoms with Gasteiger partial charge in [-0.05, 0) is 37.8 Å². The molecule has 0 saturated heterocycles.